The highest BCUT2D eigenvalue weighted by Gasteiger charge is 2.24. The van der Waals surface area contributed by atoms with Crippen LogP contribution in [0, 0.1) is 0 Å². The topological polar surface area (TPSA) is 63.6 Å². The fraction of sp³-hybridized carbons (Fsp3) is 0.419. The maximum absolute atomic E-state index is 11.0. The van der Waals surface area contributed by atoms with E-state index in [4.69, 9.17) is 18.9 Å². The van der Waals surface area contributed by atoms with E-state index in [1.54, 1.807) is 27.4 Å². The quantitative estimate of drug-likeness (QED) is 0.335. The van der Waals surface area contributed by atoms with E-state index in [1.807, 2.05) is 18.2 Å². The number of benzene rings is 3. The lowest BCUT2D eigenvalue weighted by atomic mass is 10.0. The molecule has 1 unspecified atom stereocenters. The molecule has 4 rings (SSSR count). The van der Waals surface area contributed by atoms with Gasteiger partial charge >= 0.3 is 0 Å². The number of β-amino-alcohol motifs (C(OH)–C–C–N with tert-alkyl or cyclic N) is 1. The standard InChI is InChI=1S/C31H40N2O5/c1-35-26-21-27(31(37-3)30(22-26)36-2)28(34)23-33-17-15-32(16-18-33)14-9-19-38-29-13-8-7-12-25(29)20-24-10-5-4-6-11-24/h4-8,10-13,21-22,28,34H,9,14-20,23H2,1-3H3. The molecule has 1 N–H and O–H groups in total. The summed E-state index contributed by atoms with van der Waals surface area (Å²) < 4.78 is 22.5. The molecule has 0 aromatic heterocycles. The van der Waals surface area contributed by atoms with Gasteiger partial charge in [0.1, 0.15) is 11.5 Å². The Balaban J connectivity index is 1.21. The number of aliphatic hydroxyl groups excluding tert-OH is 1. The maximum atomic E-state index is 11.0. The van der Waals surface area contributed by atoms with Crippen LogP contribution in [-0.2, 0) is 6.42 Å². The molecular formula is C31H40N2O5. The van der Waals surface area contributed by atoms with Gasteiger partial charge in [0, 0.05) is 57.3 Å². The van der Waals surface area contributed by atoms with Crippen molar-refractivity contribution in [2.75, 3.05) is 67.2 Å². The van der Waals surface area contributed by atoms with Crippen molar-refractivity contribution in [3.63, 3.8) is 0 Å². The summed E-state index contributed by atoms with van der Waals surface area (Å²) in [6.45, 7) is 5.97. The third-order valence-corrected chi connectivity index (χ3v) is 7.06. The van der Waals surface area contributed by atoms with Gasteiger partial charge < -0.3 is 29.0 Å². The fourth-order valence-electron chi connectivity index (χ4n) is 4.95. The van der Waals surface area contributed by atoms with Crippen LogP contribution < -0.4 is 18.9 Å². The summed E-state index contributed by atoms with van der Waals surface area (Å²) in [6, 6.07) is 22.4. The van der Waals surface area contributed by atoms with Crippen molar-refractivity contribution in [2.24, 2.45) is 0 Å². The molecule has 0 amide bonds. The number of piperazine rings is 1. The summed E-state index contributed by atoms with van der Waals surface area (Å²) in [5.41, 5.74) is 3.18. The SMILES string of the molecule is COc1cc(OC)c(OC)c(C(O)CN2CCN(CCCOc3ccccc3Cc3ccccc3)CC2)c1. The first-order valence-electron chi connectivity index (χ1n) is 13.3. The second-order valence-electron chi connectivity index (χ2n) is 9.58. The van der Waals surface area contributed by atoms with E-state index < -0.39 is 6.10 Å². The first-order chi connectivity index (χ1) is 18.6. The Kier molecular flexibility index (Phi) is 10.3. The molecule has 1 aliphatic heterocycles. The second-order valence-corrected chi connectivity index (χ2v) is 9.58. The minimum Gasteiger partial charge on any atom is -0.497 e. The Hall–Kier alpha value is -3.26. The van der Waals surface area contributed by atoms with Gasteiger partial charge in [-0.05, 0) is 29.7 Å². The molecule has 7 nitrogen and oxygen atoms in total. The van der Waals surface area contributed by atoms with Crippen LogP contribution in [0.15, 0.2) is 66.7 Å². The zero-order valence-electron chi connectivity index (χ0n) is 22.8. The molecule has 7 heteroatoms. The lowest BCUT2D eigenvalue weighted by Crippen LogP contribution is -2.47. The van der Waals surface area contributed by atoms with E-state index >= 15 is 0 Å². The van der Waals surface area contributed by atoms with Gasteiger partial charge in [-0.15, -0.1) is 0 Å². The molecule has 3 aromatic rings. The fourth-order valence-corrected chi connectivity index (χ4v) is 4.95. The van der Waals surface area contributed by atoms with Gasteiger partial charge in [0.25, 0.3) is 0 Å². The average molecular weight is 521 g/mol. The number of hydrogen-bond acceptors (Lipinski definition) is 7. The third kappa shape index (κ3) is 7.40. The summed E-state index contributed by atoms with van der Waals surface area (Å²) in [4.78, 5) is 4.76. The van der Waals surface area contributed by atoms with Crippen molar-refractivity contribution < 1.29 is 24.1 Å². The first-order valence-corrected chi connectivity index (χ1v) is 13.3. The summed E-state index contributed by atoms with van der Waals surface area (Å²) in [6.07, 6.45) is 1.15. The Labute approximate surface area is 226 Å². The highest BCUT2D eigenvalue weighted by molar-refractivity contribution is 5.52. The molecule has 0 saturated carbocycles. The van der Waals surface area contributed by atoms with E-state index in [1.165, 1.54) is 11.1 Å². The smallest absolute Gasteiger partial charge is 0.166 e. The highest BCUT2D eigenvalue weighted by atomic mass is 16.5. The van der Waals surface area contributed by atoms with Crippen molar-refractivity contribution in [1.29, 1.82) is 0 Å². The molecule has 0 spiro atoms. The molecular weight excluding hydrogens is 480 g/mol. The summed E-state index contributed by atoms with van der Waals surface area (Å²) in [7, 11) is 4.78. The summed E-state index contributed by atoms with van der Waals surface area (Å²) in [5.74, 6) is 2.70. The normalized spacial score (nSPS) is 15.2. The van der Waals surface area contributed by atoms with E-state index in [0.29, 0.717) is 36.0 Å². The molecule has 0 bridgehead atoms. The van der Waals surface area contributed by atoms with Gasteiger partial charge in [0.05, 0.1) is 34.0 Å². The van der Waals surface area contributed by atoms with E-state index in [-0.39, 0.29) is 0 Å². The Morgan fingerprint density at radius 1 is 0.789 bits per heavy atom. The van der Waals surface area contributed by atoms with Crippen molar-refractivity contribution in [3.05, 3.63) is 83.4 Å². The Bertz CT molecular complexity index is 1130. The molecule has 1 atom stereocenters. The predicted molar refractivity (Wildman–Crippen MR) is 150 cm³/mol. The lowest BCUT2D eigenvalue weighted by Gasteiger charge is -2.35. The Morgan fingerprint density at radius 3 is 2.21 bits per heavy atom. The van der Waals surface area contributed by atoms with Crippen molar-refractivity contribution in [3.8, 4) is 23.0 Å². The third-order valence-electron chi connectivity index (χ3n) is 7.06. The van der Waals surface area contributed by atoms with Crippen LogP contribution in [0.25, 0.3) is 0 Å². The van der Waals surface area contributed by atoms with E-state index in [9.17, 15) is 5.11 Å². The van der Waals surface area contributed by atoms with Crippen molar-refractivity contribution >= 4 is 0 Å². The lowest BCUT2D eigenvalue weighted by molar-refractivity contribution is 0.0693. The number of ether oxygens (including phenoxy) is 4. The van der Waals surface area contributed by atoms with Gasteiger partial charge in [-0.3, -0.25) is 4.90 Å². The van der Waals surface area contributed by atoms with Gasteiger partial charge in [-0.2, -0.15) is 0 Å². The summed E-state index contributed by atoms with van der Waals surface area (Å²) in [5, 5.41) is 11.0. The summed E-state index contributed by atoms with van der Waals surface area (Å²) >= 11 is 0. The van der Waals surface area contributed by atoms with Crippen LogP contribution in [0.3, 0.4) is 0 Å². The average Bonchev–Trinajstić information content (AvgIpc) is 2.96. The predicted octanol–water partition coefficient (Wildman–Crippen LogP) is 4.42. The van der Waals surface area contributed by atoms with Crippen molar-refractivity contribution in [2.45, 2.75) is 18.9 Å². The second kappa shape index (κ2) is 14.0. The monoisotopic (exact) mass is 520 g/mol. The molecule has 1 heterocycles. The van der Waals surface area contributed by atoms with Crippen LogP contribution in [0.5, 0.6) is 23.0 Å². The zero-order valence-corrected chi connectivity index (χ0v) is 22.8. The Morgan fingerprint density at radius 2 is 1.50 bits per heavy atom. The van der Waals surface area contributed by atoms with Gasteiger partial charge in [-0.25, -0.2) is 0 Å². The molecule has 0 radical (unpaired) electrons. The molecule has 38 heavy (non-hydrogen) atoms. The van der Waals surface area contributed by atoms with Crippen LogP contribution >= 0.6 is 0 Å². The molecule has 1 aliphatic rings. The molecule has 1 saturated heterocycles. The number of methoxy groups -OCH3 is 3. The van der Waals surface area contributed by atoms with Crippen molar-refractivity contribution in [1.82, 2.24) is 9.80 Å². The maximum Gasteiger partial charge on any atom is 0.166 e. The number of rotatable bonds is 13. The number of para-hydroxylation sites is 1. The van der Waals surface area contributed by atoms with E-state index in [0.717, 1.165) is 51.3 Å². The molecule has 204 valence electrons. The van der Waals surface area contributed by atoms with E-state index in [2.05, 4.69) is 52.3 Å². The minimum absolute atomic E-state index is 0.530. The van der Waals surface area contributed by atoms with Crippen LogP contribution in [0.4, 0.5) is 0 Å². The van der Waals surface area contributed by atoms with Gasteiger partial charge in [0.15, 0.2) is 11.5 Å². The zero-order chi connectivity index (χ0) is 26.7. The van der Waals surface area contributed by atoms with Crippen LogP contribution in [0.2, 0.25) is 0 Å². The van der Waals surface area contributed by atoms with Gasteiger partial charge in [-0.1, -0.05) is 48.5 Å². The molecule has 1 fully saturated rings. The molecule has 0 aliphatic carbocycles. The van der Waals surface area contributed by atoms with Crippen LogP contribution in [-0.4, -0.2) is 82.1 Å². The number of aliphatic hydroxyl groups is 1. The minimum atomic E-state index is -0.704. The molecule has 3 aromatic carbocycles. The number of nitrogens with zero attached hydrogens (tertiary/aromatic N) is 2. The first kappa shape index (κ1) is 27.8. The highest BCUT2D eigenvalue weighted by Crippen LogP contribution is 2.39. The van der Waals surface area contributed by atoms with Crippen LogP contribution in [0.1, 0.15) is 29.2 Å². The largest absolute Gasteiger partial charge is 0.497 e. The number of hydrogen-bond donors (Lipinski definition) is 1. The van der Waals surface area contributed by atoms with Gasteiger partial charge in [0.2, 0.25) is 0 Å².